The maximum absolute atomic E-state index is 6.15. The Morgan fingerprint density at radius 2 is 1.61 bits per heavy atom. The molecule has 0 fully saturated rings. The van der Waals surface area contributed by atoms with Crippen molar-refractivity contribution in [3.05, 3.63) is 62.6 Å². The number of aryl methyl sites for hydroxylation is 1. The van der Waals surface area contributed by atoms with Gasteiger partial charge in [0.2, 0.25) is 0 Å². The van der Waals surface area contributed by atoms with Crippen LogP contribution in [-0.4, -0.2) is 0 Å². The lowest BCUT2D eigenvalue weighted by Crippen LogP contribution is -2.02. The zero-order valence-corrected chi connectivity index (χ0v) is 12.1. The Bertz CT molecular complexity index is 547. The Labute approximate surface area is 122 Å². The Kier molecular flexibility index (Phi) is 4.39. The Hall–Kier alpha value is -0.890. The first-order valence-corrected chi connectivity index (χ1v) is 6.65. The molecule has 18 heavy (non-hydrogen) atoms. The number of halogens is 3. The molecule has 0 spiro atoms. The quantitative estimate of drug-likeness (QED) is 0.781. The topological polar surface area (TPSA) is 12.0 Å². The number of nitrogens with one attached hydrogen (secondary N) is 1. The predicted molar refractivity (Wildman–Crippen MR) is 80.0 cm³/mol. The number of para-hydroxylation sites is 1. The lowest BCUT2D eigenvalue weighted by atomic mass is 10.1. The molecule has 1 nitrogen and oxygen atoms in total. The SMILES string of the molecule is Cc1cccc(Cl)c1NCc1cccc(Cl)c1Cl. The van der Waals surface area contributed by atoms with Gasteiger partial charge in [-0.15, -0.1) is 0 Å². The van der Waals surface area contributed by atoms with Crippen LogP contribution in [0.25, 0.3) is 0 Å². The van der Waals surface area contributed by atoms with Gasteiger partial charge in [0, 0.05) is 6.54 Å². The van der Waals surface area contributed by atoms with Crippen LogP contribution in [0.2, 0.25) is 15.1 Å². The van der Waals surface area contributed by atoms with Gasteiger partial charge in [-0.25, -0.2) is 0 Å². The summed E-state index contributed by atoms with van der Waals surface area (Å²) in [6.07, 6.45) is 0. The molecule has 1 N–H and O–H groups in total. The number of hydrogen-bond acceptors (Lipinski definition) is 1. The smallest absolute Gasteiger partial charge is 0.0642 e. The molecule has 0 saturated heterocycles. The van der Waals surface area contributed by atoms with Crippen molar-refractivity contribution in [3.8, 4) is 0 Å². The van der Waals surface area contributed by atoms with Crippen molar-refractivity contribution in [1.82, 2.24) is 0 Å². The normalized spacial score (nSPS) is 10.4. The summed E-state index contributed by atoms with van der Waals surface area (Å²) < 4.78 is 0. The number of anilines is 1. The third-order valence-electron chi connectivity index (χ3n) is 2.71. The van der Waals surface area contributed by atoms with Crippen LogP contribution in [0.3, 0.4) is 0 Å². The van der Waals surface area contributed by atoms with Gasteiger partial charge >= 0.3 is 0 Å². The summed E-state index contributed by atoms with van der Waals surface area (Å²) in [4.78, 5) is 0. The van der Waals surface area contributed by atoms with Crippen molar-refractivity contribution in [1.29, 1.82) is 0 Å². The standard InChI is InChI=1S/C14H12Cl3N/c1-9-4-2-7-12(16)14(9)18-8-10-5-3-6-11(15)13(10)17/h2-7,18H,8H2,1H3. The zero-order chi connectivity index (χ0) is 13.1. The van der Waals surface area contributed by atoms with Crippen LogP contribution in [-0.2, 0) is 6.54 Å². The number of hydrogen-bond donors (Lipinski definition) is 1. The summed E-state index contributed by atoms with van der Waals surface area (Å²) in [5.41, 5.74) is 2.97. The number of rotatable bonds is 3. The van der Waals surface area contributed by atoms with E-state index in [0.717, 1.165) is 16.8 Å². The third-order valence-corrected chi connectivity index (χ3v) is 3.88. The largest absolute Gasteiger partial charge is 0.379 e. The van der Waals surface area contributed by atoms with E-state index >= 15 is 0 Å². The van der Waals surface area contributed by atoms with E-state index in [9.17, 15) is 0 Å². The van der Waals surface area contributed by atoms with E-state index in [1.807, 2.05) is 37.3 Å². The van der Waals surface area contributed by atoms with Crippen LogP contribution in [0.15, 0.2) is 36.4 Å². The van der Waals surface area contributed by atoms with Crippen LogP contribution in [0, 0.1) is 6.92 Å². The van der Waals surface area contributed by atoms with E-state index in [-0.39, 0.29) is 0 Å². The second kappa shape index (κ2) is 5.83. The van der Waals surface area contributed by atoms with Crippen LogP contribution >= 0.6 is 34.8 Å². The molecule has 0 aliphatic rings. The van der Waals surface area contributed by atoms with Crippen molar-refractivity contribution in [2.24, 2.45) is 0 Å². The van der Waals surface area contributed by atoms with E-state index in [0.29, 0.717) is 21.6 Å². The lowest BCUT2D eigenvalue weighted by molar-refractivity contribution is 1.14. The van der Waals surface area contributed by atoms with E-state index < -0.39 is 0 Å². The first kappa shape index (κ1) is 13.5. The van der Waals surface area contributed by atoms with Gasteiger partial charge < -0.3 is 5.32 Å². The van der Waals surface area contributed by atoms with Gasteiger partial charge in [-0.2, -0.15) is 0 Å². The average molecular weight is 301 g/mol. The van der Waals surface area contributed by atoms with Crippen molar-refractivity contribution >= 4 is 40.5 Å². The molecule has 0 unspecified atom stereocenters. The van der Waals surface area contributed by atoms with Gasteiger partial charge in [-0.05, 0) is 30.2 Å². The minimum Gasteiger partial charge on any atom is -0.379 e. The number of benzene rings is 2. The molecule has 0 atom stereocenters. The minimum absolute atomic E-state index is 0.562. The fourth-order valence-electron chi connectivity index (χ4n) is 1.72. The maximum atomic E-state index is 6.15. The third kappa shape index (κ3) is 2.92. The fourth-order valence-corrected chi connectivity index (χ4v) is 2.40. The monoisotopic (exact) mass is 299 g/mol. The molecule has 0 saturated carbocycles. The molecule has 2 aromatic carbocycles. The summed E-state index contributed by atoms with van der Waals surface area (Å²) in [5.74, 6) is 0. The van der Waals surface area contributed by atoms with Gasteiger partial charge in [-0.1, -0.05) is 59.1 Å². The summed E-state index contributed by atoms with van der Waals surface area (Å²) in [6.45, 7) is 2.59. The lowest BCUT2D eigenvalue weighted by Gasteiger charge is -2.12. The highest BCUT2D eigenvalue weighted by Gasteiger charge is 2.06. The van der Waals surface area contributed by atoms with Crippen LogP contribution in [0.5, 0.6) is 0 Å². The van der Waals surface area contributed by atoms with Crippen LogP contribution < -0.4 is 5.32 Å². The Morgan fingerprint density at radius 1 is 0.944 bits per heavy atom. The molecular formula is C14H12Cl3N. The summed E-state index contributed by atoms with van der Waals surface area (Å²) >= 11 is 18.3. The van der Waals surface area contributed by atoms with Gasteiger partial charge in [0.05, 0.1) is 20.8 Å². The molecule has 2 rings (SSSR count). The highest BCUT2D eigenvalue weighted by molar-refractivity contribution is 6.42. The van der Waals surface area contributed by atoms with Gasteiger partial charge in [0.25, 0.3) is 0 Å². The molecule has 0 amide bonds. The first-order chi connectivity index (χ1) is 8.59. The van der Waals surface area contributed by atoms with Gasteiger partial charge in [0.15, 0.2) is 0 Å². The van der Waals surface area contributed by atoms with Crippen molar-refractivity contribution in [3.63, 3.8) is 0 Å². The van der Waals surface area contributed by atoms with E-state index in [2.05, 4.69) is 5.32 Å². The second-order valence-electron chi connectivity index (χ2n) is 4.00. The average Bonchev–Trinajstić information content (AvgIpc) is 2.33. The van der Waals surface area contributed by atoms with Crippen molar-refractivity contribution in [2.75, 3.05) is 5.32 Å². The maximum Gasteiger partial charge on any atom is 0.0642 e. The van der Waals surface area contributed by atoms with E-state index in [4.69, 9.17) is 34.8 Å². The Morgan fingerprint density at radius 3 is 2.33 bits per heavy atom. The fraction of sp³-hybridized carbons (Fsp3) is 0.143. The molecule has 2 aromatic rings. The molecule has 0 heterocycles. The van der Waals surface area contributed by atoms with Crippen molar-refractivity contribution in [2.45, 2.75) is 13.5 Å². The molecule has 0 bridgehead atoms. The Balaban J connectivity index is 2.19. The molecular weight excluding hydrogens is 289 g/mol. The minimum atomic E-state index is 0.562. The van der Waals surface area contributed by atoms with E-state index in [1.165, 1.54) is 0 Å². The van der Waals surface area contributed by atoms with Gasteiger partial charge in [0.1, 0.15) is 0 Å². The molecule has 4 heteroatoms. The summed E-state index contributed by atoms with van der Waals surface area (Å²) in [7, 11) is 0. The highest BCUT2D eigenvalue weighted by Crippen LogP contribution is 2.29. The van der Waals surface area contributed by atoms with E-state index in [1.54, 1.807) is 6.07 Å². The summed E-state index contributed by atoms with van der Waals surface area (Å²) in [6, 6.07) is 11.4. The first-order valence-electron chi connectivity index (χ1n) is 5.51. The predicted octanol–water partition coefficient (Wildman–Crippen LogP) is 5.57. The summed E-state index contributed by atoms with van der Waals surface area (Å²) in [5, 5.41) is 5.13. The van der Waals surface area contributed by atoms with Gasteiger partial charge in [-0.3, -0.25) is 0 Å². The molecule has 0 aliphatic heterocycles. The van der Waals surface area contributed by atoms with Crippen molar-refractivity contribution < 1.29 is 0 Å². The zero-order valence-electron chi connectivity index (χ0n) is 9.81. The highest BCUT2D eigenvalue weighted by atomic mass is 35.5. The second-order valence-corrected chi connectivity index (χ2v) is 5.19. The van der Waals surface area contributed by atoms with Crippen LogP contribution in [0.4, 0.5) is 5.69 Å². The molecule has 0 radical (unpaired) electrons. The van der Waals surface area contributed by atoms with Crippen LogP contribution in [0.1, 0.15) is 11.1 Å². The molecule has 0 aromatic heterocycles. The molecule has 94 valence electrons. The molecule has 0 aliphatic carbocycles.